The molecule has 0 radical (unpaired) electrons. The number of nitrogens with one attached hydrogen (secondary N) is 1. The monoisotopic (exact) mass is 439 g/mol. The first-order valence-corrected chi connectivity index (χ1v) is 10.4. The Balaban J connectivity index is 1.53. The fraction of sp³-hybridized carbons (Fsp3) is 0.421. The number of aromatic nitrogens is 3. The van der Waals surface area contributed by atoms with Crippen LogP contribution in [0.1, 0.15) is 22.5 Å². The molecule has 1 saturated heterocycles. The number of carbonyl (C=O) groups excluding carboxylic acids is 1. The number of amides is 1. The summed E-state index contributed by atoms with van der Waals surface area (Å²) in [6.07, 6.45) is -2.77. The SMILES string of the molecule is O=C(NCCCN1CCOCC1)c1cnn2c(C(F)(F)F)cc(-c3cccs3)nc12. The van der Waals surface area contributed by atoms with E-state index >= 15 is 0 Å². The van der Waals surface area contributed by atoms with Crippen LogP contribution in [0.25, 0.3) is 16.2 Å². The van der Waals surface area contributed by atoms with Crippen molar-refractivity contribution in [3.63, 3.8) is 0 Å². The van der Waals surface area contributed by atoms with Gasteiger partial charge in [-0.3, -0.25) is 9.69 Å². The number of carbonyl (C=O) groups is 1. The fourth-order valence-corrected chi connectivity index (χ4v) is 3.99. The Morgan fingerprint density at radius 3 is 2.80 bits per heavy atom. The van der Waals surface area contributed by atoms with Gasteiger partial charge in [-0.2, -0.15) is 18.3 Å². The summed E-state index contributed by atoms with van der Waals surface area (Å²) in [5.41, 5.74) is -0.904. The number of ether oxygens (including phenoxy) is 1. The van der Waals surface area contributed by atoms with Gasteiger partial charge in [-0.25, -0.2) is 9.50 Å². The summed E-state index contributed by atoms with van der Waals surface area (Å²) in [7, 11) is 0. The molecular weight excluding hydrogens is 419 g/mol. The highest BCUT2D eigenvalue weighted by Crippen LogP contribution is 2.33. The first-order chi connectivity index (χ1) is 14.4. The van der Waals surface area contributed by atoms with Crippen LogP contribution in [0.15, 0.2) is 29.8 Å². The average molecular weight is 439 g/mol. The minimum absolute atomic E-state index is 0.0188. The van der Waals surface area contributed by atoms with Crippen LogP contribution in [0.2, 0.25) is 0 Å². The van der Waals surface area contributed by atoms with Crippen molar-refractivity contribution in [3.8, 4) is 10.6 Å². The molecule has 160 valence electrons. The lowest BCUT2D eigenvalue weighted by Gasteiger charge is -2.26. The third kappa shape index (κ3) is 4.47. The van der Waals surface area contributed by atoms with E-state index in [1.165, 1.54) is 11.3 Å². The molecule has 0 aromatic carbocycles. The number of morpholine rings is 1. The summed E-state index contributed by atoms with van der Waals surface area (Å²) in [5.74, 6) is -0.490. The van der Waals surface area contributed by atoms with Gasteiger partial charge in [0.1, 0.15) is 5.56 Å². The summed E-state index contributed by atoms with van der Waals surface area (Å²) in [5, 5.41) is 8.30. The number of fused-ring (bicyclic) bond motifs is 1. The van der Waals surface area contributed by atoms with Crippen molar-refractivity contribution in [2.75, 3.05) is 39.4 Å². The van der Waals surface area contributed by atoms with Crippen molar-refractivity contribution in [2.45, 2.75) is 12.6 Å². The van der Waals surface area contributed by atoms with Crippen LogP contribution in [0.4, 0.5) is 13.2 Å². The fourth-order valence-electron chi connectivity index (χ4n) is 3.30. The van der Waals surface area contributed by atoms with E-state index in [2.05, 4.69) is 20.3 Å². The molecule has 0 saturated carbocycles. The van der Waals surface area contributed by atoms with Crippen LogP contribution in [0.5, 0.6) is 0 Å². The first kappa shape index (κ1) is 20.8. The zero-order chi connectivity index (χ0) is 21.1. The van der Waals surface area contributed by atoms with Gasteiger partial charge >= 0.3 is 6.18 Å². The molecule has 4 heterocycles. The predicted octanol–water partition coefficient (Wildman–Crippen LogP) is 2.93. The van der Waals surface area contributed by atoms with Crippen LogP contribution in [-0.4, -0.2) is 64.8 Å². The van der Waals surface area contributed by atoms with E-state index in [1.54, 1.807) is 17.5 Å². The van der Waals surface area contributed by atoms with Gasteiger partial charge in [0.05, 0.1) is 30.0 Å². The third-order valence-corrected chi connectivity index (χ3v) is 5.71. The van der Waals surface area contributed by atoms with Gasteiger partial charge in [-0.05, 0) is 30.5 Å². The Morgan fingerprint density at radius 2 is 2.10 bits per heavy atom. The van der Waals surface area contributed by atoms with Crippen LogP contribution >= 0.6 is 11.3 Å². The van der Waals surface area contributed by atoms with E-state index in [1.807, 2.05) is 0 Å². The third-order valence-electron chi connectivity index (χ3n) is 4.82. The second kappa shape index (κ2) is 8.70. The van der Waals surface area contributed by atoms with Gasteiger partial charge in [0.25, 0.3) is 5.91 Å². The van der Waals surface area contributed by atoms with Crippen LogP contribution in [-0.2, 0) is 10.9 Å². The summed E-state index contributed by atoms with van der Waals surface area (Å²) >= 11 is 1.28. The number of hydrogen-bond donors (Lipinski definition) is 1. The molecule has 11 heteroatoms. The maximum Gasteiger partial charge on any atom is 0.433 e. The second-order valence-corrected chi connectivity index (χ2v) is 7.81. The minimum atomic E-state index is -4.63. The number of rotatable bonds is 6. The molecule has 7 nitrogen and oxygen atoms in total. The lowest BCUT2D eigenvalue weighted by atomic mass is 10.2. The molecule has 0 unspecified atom stereocenters. The topological polar surface area (TPSA) is 71.8 Å². The highest BCUT2D eigenvalue weighted by Gasteiger charge is 2.36. The molecule has 1 aliphatic rings. The Hall–Kier alpha value is -2.50. The van der Waals surface area contributed by atoms with Crippen molar-refractivity contribution in [1.29, 1.82) is 0 Å². The molecule has 1 amide bonds. The van der Waals surface area contributed by atoms with Crippen molar-refractivity contribution in [3.05, 3.63) is 41.0 Å². The second-order valence-electron chi connectivity index (χ2n) is 6.86. The molecule has 1 aliphatic heterocycles. The highest BCUT2D eigenvalue weighted by molar-refractivity contribution is 7.13. The van der Waals surface area contributed by atoms with Crippen molar-refractivity contribution >= 4 is 22.9 Å². The van der Waals surface area contributed by atoms with E-state index in [0.717, 1.165) is 38.3 Å². The standard InChI is InChI=1S/C19H20F3N5O2S/c20-19(21,22)16-11-14(15-3-1-10-30-15)25-17-13(12-24-27(16)17)18(28)23-4-2-5-26-6-8-29-9-7-26/h1,3,10-12H,2,4-9H2,(H,23,28). The van der Waals surface area contributed by atoms with Gasteiger partial charge in [-0.1, -0.05) is 6.07 Å². The van der Waals surface area contributed by atoms with E-state index in [4.69, 9.17) is 4.74 Å². The normalized spacial score (nSPS) is 15.6. The van der Waals surface area contributed by atoms with Gasteiger partial charge in [0, 0.05) is 19.6 Å². The number of alkyl halides is 3. The van der Waals surface area contributed by atoms with E-state index in [-0.39, 0.29) is 16.9 Å². The zero-order valence-electron chi connectivity index (χ0n) is 16.0. The van der Waals surface area contributed by atoms with Crippen molar-refractivity contribution in [1.82, 2.24) is 24.8 Å². The van der Waals surface area contributed by atoms with Gasteiger partial charge in [-0.15, -0.1) is 11.3 Å². The largest absolute Gasteiger partial charge is 0.433 e. The molecular formula is C19H20F3N5O2S. The molecule has 30 heavy (non-hydrogen) atoms. The quantitative estimate of drug-likeness (QED) is 0.598. The lowest BCUT2D eigenvalue weighted by Crippen LogP contribution is -2.38. The van der Waals surface area contributed by atoms with E-state index in [0.29, 0.717) is 29.2 Å². The molecule has 1 N–H and O–H groups in total. The Labute approximate surface area is 174 Å². The summed E-state index contributed by atoms with van der Waals surface area (Å²) in [6.45, 7) is 4.35. The van der Waals surface area contributed by atoms with Crippen LogP contribution in [0.3, 0.4) is 0 Å². The summed E-state index contributed by atoms with van der Waals surface area (Å²) in [6, 6.07) is 4.37. The average Bonchev–Trinajstić information content (AvgIpc) is 3.40. The molecule has 0 spiro atoms. The summed E-state index contributed by atoms with van der Waals surface area (Å²) < 4.78 is 46.7. The molecule has 3 aromatic heterocycles. The lowest BCUT2D eigenvalue weighted by molar-refractivity contribution is -0.142. The first-order valence-electron chi connectivity index (χ1n) is 9.51. The number of nitrogens with zero attached hydrogens (tertiary/aromatic N) is 4. The number of halogens is 3. The zero-order valence-corrected chi connectivity index (χ0v) is 16.8. The minimum Gasteiger partial charge on any atom is -0.379 e. The molecule has 4 rings (SSSR count). The van der Waals surface area contributed by atoms with Crippen LogP contribution < -0.4 is 5.32 Å². The van der Waals surface area contributed by atoms with Crippen molar-refractivity contribution in [2.24, 2.45) is 0 Å². The highest BCUT2D eigenvalue weighted by atomic mass is 32.1. The summed E-state index contributed by atoms with van der Waals surface area (Å²) in [4.78, 5) is 19.7. The molecule has 3 aromatic rings. The van der Waals surface area contributed by atoms with E-state index in [9.17, 15) is 18.0 Å². The van der Waals surface area contributed by atoms with Gasteiger partial charge < -0.3 is 10.1 Å². The number of hydrogen-bond acceptors (Lipinski definition) is 6. The van der Waals surface area contributed by atoms with Crippen molar-refractivity contribution < 1.29 is 22.7 Å². The number of thiophene rings is 1. The smallest absolute Gasteiger partial charge is 0.379 e. The molecule has 0 atom stereocenters. The van der Waals surface area contributed by atoms with Crippen LogP contribution in [0, 0.1) is 0 Å². The predicted molar refractivity (Wildman–Crippen MR) is 106 cm³/mol. The van der Waals surface area contributed by atoms with E-state index < -0.39 is 17.8 Å². The molecule has 1 fully saturated rings. The molecule has 0 aliphatic carbocycles. The van der Waals surface area contributed by atoms with Gasteiger partial charge in [0.15, 0.2) is 11.3 Å². The van der Waals surface area contributed by atoms with Gasteiger partial charge in [0.2, 0.25) is 0 Å². The Kier molecular flexibility index (Phi) is 6.02. The Bertz CT molecular complexity index is 1010. The molecule has 0 bridgehead atoms. The maximum absolute atomic E-state index is 13.6. The Morgan fingerprint density at radius 1 is 1.30 bits per heavy atom. The maximum atomic E-state index is 13.6.